The molecule has 0 spiro atoms. The van der Waals surface area contributed by atoms with Gasteiger partial charge in [0.15, 0.2) is 10.8 Å². The van der Waals surface area contributed by atoms with E-state index < -0.39 is 0 Å². The second-order valence-corrected chi connectivity index (χ2v) is 7.53. The van der Waals surface area contributed by atoms with Crippen molar-refractivity contribution in [2.45, 2.75) is 31.7 Å². The molecule has 1 saturated carbocycles. The van der Waals surface area contributed by atoms with Crippen molar-refractivity contribution >= 4 is 47.5 Å². The van der Waals surface area contributed by atoms with Crippen molar-refractivity contribution < 1.29 is 0 Å². The van der Waals surface area contributed by atoms with E-state index in [1.807, 2.05) is 5.38 Å². The fourth-order valence-corrected chi connectivity index (χ4v) is 4.15. The van der Waals surface area contributed by atoms with Crippen LogP contribution >= 0.6 is 47.5 Å². The SMILES string of the molecule is Cc1ccc(-n2c(-c3nccs3)nnc2[C@H]2C[C@H](N)C2)s1.Cl.Cl. The Hall–Kier alpha value is -0.990. The summed E-state index contributed by atoms with van der Waals surface area (Å²) < 4.78 is 2.16. The summed E-state index contributed by atoms with van der Waals surface area (Å²) in [6.07, 6.45) is 3.78. The Bertz CT molecular complexity index is 762. The smallest absolute Gasteiger partial charge is 0.198 e. The lowest BCUT2D eigenvalue weighted by molar-refractivity contribution is 0.335. The molecule has 124 valence electrons. The van der Waals surface area contributed by atoms with Gasteiger partial charge in [-0.15, -0.1) is 57.7 Å². The van der Waals surface area contributed by atoms with Crippen LogP contribution in [0.15, 0.2) is 23.7 Å². The van der Waals surface area contributed by atoms with Gasteiger partial charge >= 0.3 is 0 Å². The number of hydrogen-bond acceptors (Lipinski definition) is 6. The molecule has 0 aliphatic heterocycles. The van der Waals surface area contributed by atoms with Crippen molar-refractivity contribution in [3.05, 3.63) is 34.4 Å². The molecular formula is C14H17Cl2N5S2. The van der Waals surface area contributed by atoms with E-state index in [0.29, 0.717) is 12.0 Å². The van der Waals surface area contributed by atoms with E-state index in [4.69, 9.17) is 5.73 Å². The highest BCUT2D eigenvalue weighted by Crippen LogP contribution is 2.38. The molecule has 0 aromatic carbocycles. The van der Waals surface area contributed by atoms with Gasteiger partial charge in [0, 0.05) is 28.4 Å². The molecule has 2 N–H and O–H groups in total. The molecule has 0 atom stereocenters. The Balaban J connectivity index is 0.000000960. The molecule has 3 heterocycles. The van der Waals surface area contributed by atoms with Crippen LogP contribution in [0.5, 0.6) is 0 Å². The Morgan fingerprint density at radius 1 is 1.22 bits per heavy atom. The molecule has 0 unspecified atom stereocenters. The minimum atomic E-state index is 0. The summed E-state index contributed by atoms with van der Waals surface area (Å²) in [5.41, 5.74) is 5.94. The first kappa shape index (κ1) is 18.4. The Labute approximate surface area is 154 Å². The molecule has 0 saturated heterocycles. The third kappa shape index (κ3) is 3.29. The molecule has 1 aliphatic carbocycles. The van der Waals surface area contributed by atoms with E-state index in [1.54, 1.807) is 28.9 Å². The minimum Gasteiger partial charge on any atom is -0.328 e. The summed E-state index contributed by atoms with van der Waals surface area (Å²) in [7, 11) is 0. The summed E-state index contributed by atoms with van der Waals surface area (Å²) in [5.74, 6) is 2.26. The van der Waals surface area contributed by atoms with Gasteiger partial charge in [0.05, 0.1) is 0 Å². The number of hydrogen-bond donors (Lipinski definition) is 1. The third-order valence-electron chi connectivity index (χ3n) is 3.80. The average molecular weight is 390 g/mol. The third-order valence-corrected chi connectivity index (χ3v) is 5.55. The van der Waals surface area contributed by atoms with Crippen LogP contribution in [0.25, 0.3) is 15.8 Å². The first-order chi connectivity index (χ1) is 10.2. The summed E-state index contributed by atoms with van der Waals surface area (Å²) in [6.45, 7) is 2.11. The van der Waals surface area contributed by atoms with Gasteiger partial charge < -0.3 is 5.73 Å². The molecule has 3 aromatic heterocycles. The number of thiophene rings is 1. The number of thiazole rings is 1. The lowest BCUT2D eigenvalue weighted by atomic mass is 9.80. The molecule has 0 amide bonds. The molecule has 1 fully saturated rings. The van der Waals surface area contributed by atoms with Gasteiger partial charge in [-0.2, -0.15) is 0 Å². The largest absolute Gasteiger partial charge is 0.328 e. The highest BCUT2D eigenvalue weighted by atomic mass is 35.5. The van der Waals surface area contributed by atoms with E-state index in [1.165, 1.54) is 4.88 Å². The van der Waals surface area contributed by atoms with Gasteiger partial charge in [-0.3, -0.25) is 4.57 Å². The lowest BCUT2D eigenvalue weighted by Gasteiger charge is -2.31. The van der Waals surface area contributed by atoms with E-state index >= 15 is 0 Å². The van der Waals surface area contributed by atoms with Crippen molar-refractivity contribution in [1.29, 1.82) is 0 Å². The van der Waals surface area contributed by atoms with Crippen molar-refractivity contribution in [3.8, 4) is 15.8 Å². The van der Waals surface area contributed by atoms with E-state index in [2.05, 4.69) is 38.8 Å². The summed E-state index contributed by atoms with van der Waals surface area (Å²) in [6, 6.07) is 4.55. The van der Waals surface area contributed by atoms with Crippen LogP contribution in [0.3, 0.4) is 0 Å². The minimum absolute atomic E-state index is 0. The number of aryl methyl sites for hydroxylation is 1. The number of nitrogens with zero attached hydrogens (tertiary/aromatic N) is 4. The maximum Gasteiger partial charge on any atom is 0.198 e. The maximum absolute atomic E-state index is 5.94. The van der Waals surface area contributed by atoms with E-state index in [-0.39, 0.29) is 24.8 Å². The highest BCUT2D eigenvalue weighted by Gasteiger charge is 2.33. The van der Waals surface area contributed by atoms with Crippen LogP contribution in [0.4, 0.5) is 0 Å². The van der Waals surface area contributed by atoms with Gasteiger partial charge in [-0.05, 0) is 31.9 Å². The molecular weight excluding hydrogens is 373 g/mol. The standard InChI is InChI=1S/C14H15N5S2.2ClH/c1-8-2-3-11(21-8)19-12(9-6-10(15)7-9)17-18-13(19)14-16-4-5-20-14;;/h2-5,9-10H,6-7,15H2,1H3;2*1H/t9-,10-;;. The van der Waals surface area contributed by atoms with E-state index in [0.717, 1.165) is 34.5 Å². The first-order valence-electron chi connectivity index (χ1n) is 6.90. The lowest BCUT2D eigenvalue weighted by Crippen LogP contribution is -2.36. The quantitative estimate of drug-likeness (QED) is 0.738. The predicted octanol–water partition coefficient (Wildman–Crippen LogP) is 3.81. The van der Waals surface area contributed by atoms with Crippen LogP contribution in [0, 0.1) is 6.92 Å². The summed E-state index contributed by atoms with van der Waals surface area (Å²) in [5, 5.41) is 12.9. The maximum atomic E-state index is 5.94. The van der Waals surface area contributed by atoms with Crippen LogP contribution in [0.2, 0.25) is 0 Å². The molecule has 0 bridgehead atoms. The summed E-state index contributed by atoms with van der Waals surface area (Å²) >= 11 is 3.34. The Morgan fingerprint density at radius 2 is 2.00 bits per heavy atom. The van der Waals surface area contributed by atoms with Crippen molar-refractivity contribution in [2.75, 3.05) is 0 Å². The number of halogens is 2. The Kier molecular flexibility index (Phi) is 5.80. The van der Waals surface area contributed by atoms with Crippen LogP contribution in [-0.4, -0.2) is 25.8 Å². The van der Waals surface area contributed by atoms with Crippen LogP contribution in [0.1, 0.15) is 29.5 Å². The predicted molar refractivity (Wildman–Crippen MR) is 99.5 cm³/mol. The van der Waals surface area contributed by atoms with Crippen molar-refractivity contribution in [3.63, 3.8) is 0 Å². The zero-order chi connectivity index (χ0) is 14.4. The topological polar surface area (TPSA) is 69.6 Å². The first-order valence-corrected chi connectivity index (χ1v) is 8.59. The normalized spacial score (nSPS) is 19.6. The second-order valence-electron chi connectivity index (χ2n) is 5.37. The van der Waals surface area contributed by atoms with Gasteiger partial charge in [-0.25, -0.2) is 4.98 Å². The number of aromatic nitrogens is 4. The molecule has 23 heavy (non-hydrogen) atoms. The zero-order valence-corrected chi connectivity index (χ0v) is 15.6. The monoisotopic (exact) mass is 389 g/mol. The van der Waals surface area contributed by atoms with Gasteiger partial charge in [-0.1, -0.05) is 0 Å². The second kappa shape index (κ2) is 7.27. The van der Waals surface area contributed by atoms with Crippen molar-refractivity contribution in [2.24, 2.45) is 5.73 Å². The van der Waals surface area contributed by atoms with Crippen LogP contribution in [-0.2, 0) is 0 Å². The molecule has 0 radical (unpaired) electrons. The summed E-state index contributed by atoms with van der Waals surface area (Å²) in [4.78, 5) is 5.66. The fraction of sp³-hybridized carbons (Fsp3) is 0.357. The molecule has 9 heteroatoms. The average Bonchev–Trinajstić information content (AvgIpc) is 3.13. The molecule has 3 aromatic rings. The fourth-order valence-electron chi connectivity index (χ4n) is 2.66. The van der Waals surface area contributed by atoms with Crippen molar-refractivity contribution in [1.82, 2.24) is 19.7 Å². The Morgan fingerprint density at radius 3 is 2.57 bits per heavy atom. The molecule has 1 aliphatic rings. The van der Waals surface area contributed by atoms with Crippen LogP contribution < -0.4 is 5.73 Å². The van der Waals surface area contributed by atoms with Gasteiger partial charge in [0.2, 0.25) is 0 Å². The van der Waals surface area contributed by atoms with Gasteiger partial charge in [0.1, 0.15) is 10.8 Å². The number of rotatable bonds is 3. The molecule has 4 rings (SSSR count). The zero-order valence-electron chi connectivity index (χ0n) is 12.4. The number of nitrogens with two attached hydrogens (primary N) is 1. The van der Waals surface area contributed by atoms with Gasteiger partial charge in [0.25, 0.3) is 0 Å². The highest BCUT2D eigenvalue weighted by molar-refractivity contribution is 7.14. The van der Waals surface area contributed by atoms with E-state index in [9.17, 15) is 0 Å². The molecule has 5 nitrogen and oxygen atoms in total.